The zero-order valence-corrected chi connectivity index (χ0v) is 20.8. The molecule has 0 radical (unpaired) electrons. The van der Waals surface area contributed by atoms with Crippen molar-refractivity contribution in [1.29, 1.82) is 0 Å². The second-order valence-electron chi connectivity index (χ2n) is 8.00. The second kappa shape index (κ2) is 11.0. The van der Waals surface area contributed by atoms with Gasteiger partial charge in [-0.15, -0.1) is 0 Å². The molecule has 4 aromatic carbocycles. The van der Waals surface area contributed by atoms with Crippen molar-refractivity contribution < 1.29 is 14.3 Å². The normalized spacial score (nSPS) is 10.7. The first-order valence-corrected chi connectivity index (χ1v) is 12.5. The molecule has 1 aromatic heterocycles. The summed E-state index contributed by atoms with van der Waals surface area (Å²) in [4.78, 5) is 31.1. The lowest BCUT2D eigenvalue weighted by atomic mass is 10.2. The molecular weight excluding hydrogens is 486 g/mol. The summed E-state index contributed by atoms with van der Waals surface area (Å²) in [5.41, 5.74) is 1.55. The number of carbonyl (C=O) groups is 1. The molecule has 5 rings (SSSR count). The summed E-state index contributed by atoms with van der Waals surface area (Å²) >= 11 is 1.19. The molecule has 0 aliphatic carbocycles. The Morgan fingerprint density at radius 2 is 1.57 bits per heavy atom. The molecule has 0 bridgehead atoms. The number of rotatable bonds is 8. The highest BCUT2D eigenvalue weighted by molar-refractivity contribution is 7.99. The van der Waals surface area contributed by atoms with E-state index in [4.69, 9.17) is 14.5 Å². The largest absolute Gasteiger partial charge is 0.497 e. The molecule has 0 fully saturated rings. The third-order valence-corrected chi connectivity index (χ3v) is 6.48. The fourth-order valence-electron chi connectivity index (χ4n) is 3.76. The standard InChI is InChI=1S/C29H23N3O4S/c1-35-21-17-15-20(16-18-21)32-28(34)23-11-5-6-12-24(23)31-29(32)37-19-27(33)30-25-13-7-8-14-26(25)36-22-9-3-2-4-10-22/h2-18H,19H2,1H3,(H,30,33). The molecule has 1 heterocycles. The number of ether oxygens (including phenoxy) is 2. The number of anilines is 1. The number of para-hydroxylation sites is 4. The second-order valence-corrected chi connectivity index (χ2v) is 8.94. The van der Waals surface area contributed by atoms with Crippen molar-refractivity contribution in [2.75, 3.05) is 18.2 Å². The van der Waals surface area contributed by atoms with Crippen molar-refractivity contribution in [3.05, 3.63) is 113 Å². The number of nitrogens with one attached hydrogen (secondary N) is 1. The molecule has 7 nitrogen and oxygen atoms in total. The Labute approximate surface area is 217 Å². The smallest absolute Gasteiger partial charge is 0.266 e. The van der Waals surface area contributed by atoms with Crippen LogP contribution in [0.5, 0.6) is 17.2 Å². The zero-order valence-electron chi connectivity index (χ0n) is 20.0. The van der Waals surface area contributed by atoms with Crippen LogP contribution in [-0.2, 0) is 4.79 Å². The van der Waals surface area contributed by atoms with Gasteiger partial charge in [-0.1, -0.05) is 54.2 Å². The van der Waals surface area contributed by atoms with Crippen molar-refractivity contribution in [3.8, 4) is 22.9 Å². The summed E-state index contributed by atoms with van der Waals surface area (Å²) in [5, 5.41) is 3.82. The van der Waals surface area contributed by atoms with Gasteiger partial charge < -0.3 is 14.8 Å². The fourth-order valence-corrected chi connectivity index (χ4v) is 4.57. The average molecular weight is 510 g/mol. The number of carbonyl (C=O) groups excluding carboxylic acids is 1. The third kappa shape index (κ3) is 5.49. The molecule has 8 heteroatoms. The number of fused-ring (bicyclic) bond motifs is 1. The van der Waals surface area contributed by atoms with Crippen LogP contribution in [0.2, 0.25) is 0 Å². The number of hydrogen-bond donors (Lipinski definition) is 1. The Bertz CT molecular complexity index is 1600. The summed E-state index contributed by atoms with van der Waals surface area (Å²) in [7, 11) is 1.59. The quantitative estimate of drug-likeness (QED) is 0.207. The molecule has 184 valence electrons. The molecule has 0 atom stereocenters. The number of amides is 1. The van der Waals surface area contributed by atoms with Crippen molar-refractivity contribution in [2.24, 2.45) is 0 Å². The van der Waals surface area contributed by atoms with Crippen LogP contribution in [-0.4, -0.2) is 28.3 Å². The third-order valence-electron chi connectivity index (χ3n) is 5.54. The van der Waals surface area contributed by atoms with E-state index in [1.165, 1.54) is 16.3 Å². The lowest BCUT2D eigenvalue weighted by molar-refractivity contribution is -0.113. The van der Waals surface area contributed by atoms with Gasteiger partial charge in [-0.2, -0.15) is 0 Å². The number of hydrogen-bond acceptors (Lipinski definition) is 6. The van der Waals surface area contributed by atoms with Crippen LogP contribution in [0.3, 0.4) is 0 Å². The van der Waals surface area contributed by atoms with Crippen molar-refractivity contribution in [2.45, 2.75) is 5.16 Å². The van der Waals surface area contributed by atoms with Gasteiger partial charge in [-0.25, -0.2) is 4.98 Å². The van der Waals surface area contributed by atoms with E-state index >= 15 is 0 Å². The molecule has 0 aliphatic rings. The summed E-state index contributed by atoms with van der Waals surface area (Å²) in [5.74, 6) is 1.67. The lowest BCUT2D eigenvalue weighted by Gasteiger charge is -2.14. The number of thioether (sulfide) groups is 1. The Kier molecular flexibility index (Phi) is 7.19. The van der Waals surface area contributed by atoms with E-state index in [9.17, 15) is 9.59 Å². The highest BCUT2D eigenvalue weighted by Gasteiger charge is 2.16. The highest BCUT2D eigenvalue weighted by Crippen LogP contribution is 2.30. The van der Waals surface area contributed by atoms with Gasteiger partial charge in [0.25, 0.3) is 5.56 Å². The van der Waals surface area contributed by atoms with Gasteiger partial charge in [0, 0.05) is 0 Å². The predicted molar refractivity (Wildman–Crippen MR) is 146 cm³/mol. The Morgan fingerprint density at radius 3 is 2.35 bits per heavy atom. The monoisotopic (exact) mass is 509 g/mol. The fraction of sp³-hybridized carbons (Fsp3) is 0.0690. The molecule has 37 heavy (non-hydrogen) atoms. The van der Waals surface area contributed by atoms with Crippen LogP contribution in [0.1, 0.15) is 0 Å². The lowest BCUT2D eigenvalue weighted by Crippen LogP contribution is -2.23. The summed E-state index contributed by atoms with van der Waals surface area (Å²) in [6, 6.07) is 30.9. The van der Waals surface area contributed by atoms with Crippen LogP contribution < -0.4 is 20.3 Å². The van der Waals surface area contributed by atoms with Crippen molar-refractivity contribution in [3.63, 3.8) is 0 Å². The Balaban J connectivity index is 1.40. The molecule has 0 saturated heterocycles. The topological polar surface area (TPSA) is 82.4 Å². The van der Waals surface area contributed by atoms with Crippen molar-refractivity contribution >= 4 is 34.3 Å². The van der Waals surface area contributed by atoms with Crippen LogP contribution in [0.25, 0.3) is 16.6 Å². The first-order valence-electron chi connectivity index (χ1n) is 11.5. The van der Waals surface area contributed by atoms with Gasteiger partial charge in [-0.3, -0.25) is 14.2 Å². The van der Waals surface area contributed by atoms with E-state index in [0.29, 0.717) is 44.7 Å². The molecule has 1 amide bonds. The summed E-state index contributed by atoms with van der Waals surface area (Å²) in [6.07, 6.45) is 0. The van der Waals surface area contributed by atoms with E-state index in [0.717, 1.165) is 0 Å². The molecule has 0 spiro atoms. The number of nitrogens with zero attached hydrogens (tertiary/aromatic N) is 2. The molecule has 0 saturated carbocycles. The Hall–Kier alpha value is -4.56. The zero-order chi connectivity index (χ0) is 25.6. The van der Waals surface area contributed by atoms with E-state index in [2.05, 4.69) is 5.32 Å². The molecule has 5 aromatic rings. The van der Waals surface area contributed by atoms with Gasteiger partial charge in [0.2, 0.25) is 5.91 Å². The van der Waals surface area contributed by atoms with Gasteiger partial charge in [0.05, 0.1) is 35.1 Å². The van der Waals surface area contributed by atoms with E-state index < -0.39 is 0 Å². The number of aromatic nitrogens is 2. The minimum absolute atomic E-state index is 0.0423. The maximum absolute atomic E-state index is 13.4. The first kappa shape index (κ1) is 24.1. The summed E-state index contributed by atoms with van der Waals surface area (Å²) < 4.78 is 12.7. The maximum Gasteiger partial charge on any atom is 0.266 e. The molecule has 0 unspecified atom stereocenters. The molecule has 0 aliphatic heterocycles. The maximum atomic E-state index is 13.4. The molecule has 1 N–H and O–H groups in total. The average Bonchev–Trinajstić information content (AvgIpc) is 2.94. The minimum Gasteiger partial charge on any atom is -0.497 e. The Morgan fingerprint density at radius 1 is 0.865 bits per heavy atom. The van der Waals surface area contributed by atoms with Crippen LogP contribution in [0.15, 0.2) is 113 Å². The van der Waals surface area contributed by atoms with Gasteiger partial charge in [-0.05, 0) is 60.7 Å². The van der Waals surface area contributed by atoms with Gasteiger partial charge in [0.15, 0.2) is 10.9 Å². The number of benzene rings is 4. The van der Waals surface area contributed by atoms with E-state index in [1.807, 2.05) is 48.5 Å². The van der Waals surface area contributed by atoms with Crippen LogP contribution in [0.4, 0.5) is 5.69 Å². The highest BCUT2D eigenvalue weighted by atomic mass is 32.2. The summed E-state index contributed by atoms with van der Waals surface area (Å²) in [6.45, 7) is 0. The first-order chi connectivity index (χ1) is 18.1. The van der Waals surface area contributed by atoms with Crippen LogP contribution in [0, 0.1) is 0 Å². The number of methoxy groups -OCH3 is 1. The van der Waals surface area contributed by atoms with E-state index in [1.54, 1.807) is 61.7 Å². The van der Waals surface area contributed by atoms with Gasteiger partial charge in [0.1, 0.15) is 11.5 Å². The molecular formula is C29H23N3O4S. The predicted octanol–water partition coefficient (Wildman–Crippen LogP) is 5.92. The SMILES string of the molecule is COc1ccc(-n2c(SCC(=O)Nc3ccccc3Oc3ccccc3)nc3ccccc3c2=O)cc1. The minimum atomic E-state index is -0.252. The van der Waals surface area contributed by atoms with E-state index in [-0.39, 0.29) is 17.2 Å². The van der Waals surface area contributed by atoms with Gasteiger partial charge >= 0.3 is 0 Å². The van der Waals surface area contributed by atoms with Crippen LogP contribution >= 0.6 is 11.8 Å². The van der Waals surface area contributed by atoms with Crippen molar-refractivity contribution in [1.82, 2.24) is 9.55 Å².